The molecular weight excluding hydrogens is 331 g/mol. The summed E-state index contributed by atoms with van der Waals surface area (Å²) >= 11 is 0. The molecule has 1 fully saturated rings. The van der Waals surface area contributed by atoms with Crippen LogP contribution < -0.4 is 5.73 Å². The SMILES string of the molecule is COC(=O)c1c[nH]c2ccc(C=C(CN)B3OC(C)(C)C(C)(C)O3)cc12. The van der Waals surface area contributed by atoms with Crippen molar-refractivity contribution in [3.05, 3.63) is 41.0 Å². The van der Waals surface area contributed by atoms with Crippen molar-refractivity contribution in [2.24, 2.45) is 5.73 Å². The fourth-order valence-corrected chi connectivity index (χ4v) is 2.94. The summed E-state index contributed by atoms with van der Waals surface area (Å²) < 4.78 is 17.0. The number of ether oxygens (including phenoxy) is 1. The number of hydrogen-bond donors (Lipinski definition) is 2. The van der Waals surface area contributed by atoms with Gasteiger partial charge in [0.25, 0.3) is 0 Å². The van der Waals surface area contributed by atoms with Gasteiger partial charge in [0.05, 0.1) is 23.9 Å². The van der Waals surface area contributed by atoms with E-state index in [4.69, 9.17) is 19.8 Å². The fraction of sp³-hybridized carbons (Fsp3) is 0.421. The number of methoxy groups -OCH3 is 1. The fourth-order valence-electron chi connectivity index (χ4n) is 2.94. The molecule has 0 saturated carbocycles. The van der Waals surface area contributed by atoms with Crippen LogP contribution in [0.4, 0.5) is 0 Å². The van der Waals surface area contributed by atoms with Gasteiger partial charge in [0.15, 0.2) is 0 Å². The Morgan fingerprint density at radius 3 is 2.50 bits per heavy atom. The van der Waals surface area contributed by atoms with Crippen molar-refractivity contribution in [2.45, 2.75) is 38.9 Å². The zero-order valence-electron chi connectivity index (χ0n) is 15.9. The van der Waals surface area contributed by atoms with Gasteiger partial charge in [-0.2, -0.15) is 0 Å². The largest absolute Gasteiger partial charge is 0.491 e. The van der Waals surface area contributed by atoms with Crippen molar-refractivity contribution < 1.29 is 18.8 Å². The zero-order valence-corrected chi connectivity index (χ0v) is 15.9. The summed E-state index contributed by atoms with van der Waals surface area (Å²) in [6.07, 6.45) is 3.61. The van der Waals surface area contributed by atoms with Gasteiger partial charge in [-0.15, -0.1) is 0 Å². The third kappa shape index (κ3) is 3.18. The number of benzene rings is 1. The number of rotatable bonds is 4. The molecular formula is C19H25BN2O4. The minimum absolute atomic E-state index is 0.311. The number of nitrogens with one attached hydrogen (secondary N) is 1. The van der Waals surface area contributed by atoms with E-state index in [2.05, 4.69) is 4.98 Å². The van der Waals surface area contributed by atoms with Crippen LogP contribution in [0.1, 0.15) is 43.6 Å². The number of H-pyrrole nitrogens is 1. The molecule has 7 heteroatoms. The van der Waals surface area contributed by atoms with Gasteiger partial charge in [0, 0.05) is 23.6 Å². The van der Waals surface area contributed by atoms with Crippen molar-refractivity contribution in [2.75, 3.05) is 13.7 Å². The minimum atomic E-state index is -0.494. The van der Waals surface area contributed by atoms with Gasteiger partial charge in [-0.25, -0.2) is 4.79 Å². The highest BCUT2D eigenvalue weighted by Crippen LogP contribution is 2.38. The molecule has 0 radical (unpaired) electrons. The Balaban J connectivity index is 1.96. The summed E-state index contributed by atoms with van der Waals surface area (Å²) in [4.78, 5) is 15.0. The van der Waals surface area contributed by atoms with Crippen LogP contribution in [0.25, 0.3) is 17.0 Å². The third-order valence-electron chi connectivity index (χ3n) is 5.25. The Morgan fingerprint density at radius 1 is 1.27 bits per heavy atom. The van der Waals surface area contributed by atoms with Crippen LogP contribution in [0.3, 0.4) is 0 Å². The molecule has 0 atom stereocenters. The highest BCUT2D eigenvalue weighted by molar-refractivity contribution is 6.55. The number of esters is 1. The quantitative estimate of drug-likeness (QED) is 0.650. The normalized spacial score (nSPS) is 19.2. The van der Waals surface area contributed by atoms with Crippen LogP contribution in [-0.4, -0.2) is 42.9 Å². The third-order valence-corrected chi connectivity index (χ3v) is 5.25. The molecule has 1 saturated heterocycles. The molecule has 0 bridgehead atoms. The molecule has 6 nitrogen and oxygen atoms in total. The number of nitrogens with two attached hydrogens (primary N) is 1. The zero-order chi connectivity index (χ0) is 19.1. The van der Waals surface area contributed by atoms with E-state index in [-0.39, 0.29) is 5.97 Å². The number of carbonyl (C=O) groups is 1. The summed E-state index contributed by atoms with van der Waals surface area (Å²) in [5.74, 6) is -0.373. The van der Waals surface area contributed by atoms with Crippen LogP contribution in [0, 0.1) is 0 Å². The predicted octanol–water partition coefficient (Wildman–Crippen LogP) is 2.93. The molecule has 0 aliphatic carbocycles. The van der Waals surface area contributed by atoms with Crippen molar-refractivity contribution >= 4 is 30.1 Å². The first-order valence-electron chi connectivity index (χ1n) is 8.64. The van der Waals surface area contributed by atoms with E-state index in [0.29, 0.717) is 12.1 Å². The second-order valence-electron chi connectivity index (χ2n) is 7.51. The van der Waals surface area contributed by atoms with E-state index in [1.165, 1.54) is 7.11 Å². The Morgan fingerprint density at radius 2 is 1.92 bits per heavy atom. The highest BCUT2D eigenvalue weighted by atomic mass is 16.7. The molecule has 138 valence electrons. The topological polar surface area (TPSA) is 86.6 Å². The summed E-state index contributed by atoms with van der Waals surface area (Å²) in [7, 11) is 0.877. The highest BCUT2D eigenvalue weighted by Gasteiger charge is 2.52. The van der Waals surface area contributed by atoms with Gasteiger partial charge in [0.1, 0.15) is 0 Å². The second-order valence-corrected chi connectivity index (χ2v) is 7.51. The molecule has 1 aromatic heterocycles. The van der Waals surface area contributed by atoms with Crippen LogP contribution in [0.5, 0.6) is 0 Å². The van der Waals surface area contributed by atoms with E-state index < -0.39 is 18.3 Å². The smallest absolute Gasteiger partial charge is 0.465 e. The maximum absolute atomic E-state index is 11.9. The Bertz CT molecular complexity index is 854. The lowest BCUT2D eigenvalue weighted by molar-refractivity contribution is 0.00578. The number of carbonyl (C=O) groups excluding carboxylic acids is 1. The molecule has 0 amide bonds. The first-order valence-corrected chi connectivity index (χ1v) is 8.64. The number of hydrogen-bond acceptors (Lipinski definition) is 5. The van der Waals surface area contributed by atoms with Crippen LogP contribution in [0.15, 0.2) is 29.9 Å². The van der Waals surface area contributed by atoms with Gasteiger partial charge in [-0.1, -0.05) is 12.1 Å². The number of aromatic amines is 1. The minimum Gasteiger partial charge on any atom is -0.465 e. The molecule has 3 N–H and O–H groups in total. The summed E-state index contributed by atoms with van der Waals surface area (Å²) in [5, 5.41) is 0.802. The second kappa shape index (κ2) is 6.57. The van der Waals surface area contributed by atoms with Crippen molar-refractivity contribution in [1.29, 1.82) is 0 Å². The number of fused-ring (bicyclic) bond motifs is 1. The van der Waals surface area contributed by atoms with Crippen LogP contribution in [-0.2, 0) is 14.0 Å². The van der Waals surface area contributed by atoms with Crippen molar-refractivity contribution in [3.8, 4) is 0 Å². The molecule has 1 aromatic carbocycles. The van der Waals surface area contributed by atoms with Gasteiger partial charge < -0.3 is 24.8 Å². The molecule has 0 unspecified atom stereocenters. The summed E-state index contributed by atoms with van der Waals surface area (Å²) in [6.45, 7) is 8.35. The lowest BCUT2D eigenvalue weighted by Gasteiger charge is -2.32. The average Bonchev–Trinajstić information content (AvgIpc) is 3.09. The predicted molar refractivity (Wildman–Crippen MR) is 103 cm³/mol. The van der Waals surface area contributed by atoms with E-state index in [1.54, 1.807) is 6.20 Å². The van der Waals surface area contributed by atoms with E-state index >= 15 is 0 Å². The van der Waals surface area contributed by atoms with Crippen molar-refractivity contribution in [3.63, 3.8) is 0 Å². The first kappa shape index (κ1) is 18.7. The van der Waals surface area contributed by atoms with Crippen molar-refractivity contribution in [1.82, 2.24) is 4.98 Å². The maximum atomic E-state index is 11.9. The van der Waals surface area contributed by atoms with Gasteiger partial charge in [-0.3, -0.25) is 0 Å². The van der Waals surface area contributed by atoms with Gasteiger partial charge >= 0.3 is 13.1 Å². The molecule has 0 spiro atoms. The summed E-state index contributed by atoms with van der Waals surface area (Å²) in [5.41, 5.74) is 8.25. The standard InChI is InChI=1S/C19H25BN2O4/c1-18(2)19(3,4)26-20(25-18)13(10-21)8-12-6-7-16-14(9-12)15(11-22-16)17(23)24-5/h6-9,11,22H,10,21H2,1-5H3. The number of aromatic nitrogens is 1. The lowest BCUT2D eigenvalue weighted by Crippen LogP contribution is -2.41. The Kier molecular flexibility index (Phi) is 4.73. The van der Waals surface area contributed by atoms with E-state index in [9.17, 15) is 4.79 Å². The van der Waals surface area contributed by atoms with Gasteiger partial charge in [-0.05, 0) is 50.9 Å². The van der Waals surface area contributed by atoms with E-state index in [0.717, 1.165) is 21.9 Å². The molecule has 2 aromatic rings. The first-order chi connectivity index (χ1) is 12.2. The lowest BCUT2D eigenvalue weighted by atomic mass is 9.77. The van der Waals surface area contributed by atoms with E-state index in [1.807, 2.05) is 52.0 Å². The van der Waals surface area contributed by atoms with Crippen LogP contribution in [0.2, 0.25) is 0 Å². The Labute approximate surface area is 153 Å². The molecule has 1 aliphatic rings. The summed E-state index contributed by atoms with van der Waals surface area (Å²) in [6, 6.07) is 5.81. The Hall–Kier alpha value is -2.09. The van der Waals surface area contributed by atoms with Crippen LogP contribution >= 0.6 is 0 Å². The molecule has 26 heavy (non-hydrogen) atoms. The average molecular weight is 356 g/mol. The molecule has 2 heterocycles. The maximum Gasteiger partial charge on any atom is 0.491 e. The molecule has 1 aliphatic heterocycles. The monoisotopic (exact) mass is 356 g/mol. The molecule has 3 rings (SSSR count). The van der Waals surface area contributed by atoms with Gasteiger partial charge in [0.2, 0.25) is 0 Å².